The lowest BCUT2D eigenvalue weighted by molar-refractivity contribution is -0.143. The molecule has 3 unspecified atom stereocenters. The highest BCUT2D eigenvalue weighted by atomic mass is 16.5. The molecule has 0 bridgehead atoms. The molecule has 6 nitrogen and oxygen atoms in total. The molecule has 1 aliphatic heterocycles. The molecule has 0 spiro atoms. The lowest BCUT2D eigenvalue weighted by atomic mass is 9.84. The van der Waals surface area contributed by atoms with E-state index >= 15 is 0 Å². The highest BCUT2D eigenvalue weighted by Gasteiger charge is 2.32. The average Bonchev–Trinajstić information content (AvgIpc) is 2.48. The fraction of sp³-hybridized carbons (Fsp3) is 0.867. The topological polar surface area (TPSA) is 87.7 Å². The second-order valence-electron chi connectivity index (χ2n) is 6.19. The summed E-state index contributed by atoms with van der Waals surface area (Å²) in [5, 5.41) is 15.0. The first-order valence-electron chi connectivity index (χ1n) is 7.95. The molecule has 2 aliphatic rings. The normalized spacial score (nSPS) is 28.6. The van der Waals surface area contributed by atoms with Crippen LogP contribution in [-0.4, -0.2) is 42.4 Å². The molecule has 3 atom stereocenters. The predicted molar refractivity (Wildman–Crippen MR) is 78.1 cm³/mol. The number of amides is 2. The fourth-order valence-corrected chi connectivity index (χ4v) is 3.35. The van der Waals surface area contributed by atoms with Crippen LogP contribution in [0.3, 0.4) is 0 Å². The maximum atomic E-state index is 12.1. The highest BCUT2D eigenvalue weighted by molar-refractivity contribution is 5.77. The Kier molecular flexibility index (Phi) is 5.85. The highest BCUT2D eigenvalue weighted by Crippen LogP contribution is 2.24. The zero-order valence-corrected chi connectivity index (χ0v) is 12.6. The molecular formula is C15H26N2O4. The van der Waals surface area contributed by atoms with Crippen molar-refractivity contribution < 1.29 is 19.4 Å². The molecule has 0 aromatic rings. The molecule has 21 heavy (non-hydrogen) atoms. The van der Waals surface area contributed by atoms with Gasteiger partial charge in [0.2, 0.25) is 0 Å². The number of hydrogen-bond donors (Lipinski definition) is 3. The molecule has 120 valence electrons. The summed E-state index contributed by atoms with van der Waals surface area (Å²) >= 11 is 0. The average molecular weight is 298 g/mol. The van der Waals surface area contributed by atoms with Crippen molar-refractivity contribution in [3.05, 3.63) is 0 Å². The lowest BCUT2D eigenvalue weighted by Gasteiger charge is -2.32. The number of nitrogens with one attached hydrogen (secondary N) is 2. The molecule has 0 aromatic heterocycles. The van der Waals surface area contributed by atoms with Crippen molar-refractivity contribution in [1.29, 1.82) is 0 Å². The number of rotatable bonds is 4. The first-order chi connectivity index (χ1) is 10.1. The third-order valence-electron chi connectivity index (χ3n) is 4.73. The smallest absolute Gasteiger partial charge is 0.315 e. The quantitative estimate of drug-likeness (QED) is 0.738. The Balaban J connectivity index is 1.81. The van der Waals surface area contributed by atoms with E-state index in [-0.39, 0.29) is 18.1 Å². The van der Waals surface area contributed by atoms with E-state index in [1.807, 2.05) is 6.92 Å². The predicted octanol–water partition coefficient (Wildman–Crippen LogP) is 1.74. The van der Waals surface area contributed by atoms with E-state index < -0.39 is 11.9 Å². The number of carbonyl (C=O) groups excluding carboxylic acids is 1. The maximum Gasteiger partial charge on any atom is 0.315 e. The summed E-state index contributed by atoms with van der Waals surface area (Å²) in [5.74, 6) is -0.827. The molecule has 0 aromatic carbocycles. The Morgan fingerprint density at radius 2 is 1.81 bits per heavy atom. The third kappa shape index (κ3) is 4.59. The van der Waals surface area contributed by atoms with Crippen LogP contribution in [0.1, 0.15) is 45.4 Å². The van der Waals surface area contributed by atoms with Crippen LogP contribution in [0.4, 0.5) is 4.79 Å². The molecule has 0 radical (unpaired) electrons. The number of ether oxygens (including phenoxy) is 1. The number of hydrogen-bond acceptors (Lipinski definition) is 3. The first kappa shape index (κ1) is 16.1. The second-order valence-corrected chi connectivity index (χ2v) is 6.19. The van der Waals surface area contributed by atoms with E-state index in [4.69, 9.17) is 4.74 Å². The van der Waals surface area contributed by atoms with E-state index in [0.717, 1.165) is 45.3 Å². The van der Waals surface area contributed by atoms with Crippen LogP contribution in [0.2, 0.25) is 0 Å². The van der Waals surface area contributed by atoms with Gasteiger partial charge in [0.25, 0.3) is 0 Å². The Hall–Kier alpha value is -1.30. The summed E-state index contributed by atoms with van der Waals surface area (Å²) in [6.07, 6.45) is 5.22. The van der Waals surface area contributed by atoms with Gasteiger partial charge in [-0.15, -0.1) is 0 Å². The standard InChI is InChI=1S/C15H26N2O4/c1-10(11-6-8-21-9-7-11)16-15(20)17-13-5-3-2-4-12(13)14(18)19/h10-13H,2-9H2,1H3,(H,18,19)(H2,16,17,20). The molecule has 1 saturated heterocycles. The van der Waals surface area contributed by atoms with Crippen molar-refractivity contribution in [2.75, 3.05) is 13.2 Å². The minimum atomic E-state index is -0.808. The van der Waals surface area contributed by atoms with Gasteiger partial charge in [-0.25, -0.2) is 4.79 Å². The summed E-state index contributed by atoms with van der Waals surface area (Å²) in [6.45, 7) is 3.51. The lowest BCUT2D eigenvalue weighted by Crippen LogP contribution is -2.52. The van der Waals surface area contributed by atoms with Crippen molar-refractivity contribution >= 4 is 12.0 Å². The summed E-state index contributed by atoms with van der Waals surface area (Å²) in [7, 11) is 0. The van der Waals surface area contributed by atoms with Gasteiger partial charge in [0.15, 0.2) is 0 Å². The van der Waals surface area contributed by atoms with Gasteiger partial charge in [-0.1, -0.05) is 12.8 Å². The molecule has 2 rings (SSSR count). The number of carboxylic acids is 1. The van der Waals surface area contributed by atoms with Crippen molar-refractivity contribution in [1.82, 2.24) is 10.6 Å². The summed E-state index contributed by atoms with van der Waals surface area (Å²) < 4.78 is 5.32. The molecule has 2 amide bonds. The minimum absolute atomic E-state index is 0.0840. The van der Waals surface area contributed by atoms with Gasteiger partial charge in [-0.2, -0.15) is 0 Å². The molecule has 1 heterocycles. The van der Waals surface area contributed by atoms with Crippen LogP contribution >= 0.6 is 0 Å². The van der Waals surface area contributed by atoms with Crippen LogP contribution < -0.4 is 10.6 Å². The van der Waals surface area contributed by atoms with Crippen molar-refractivity contribution in [2.24, 2.45) is 11.8 Å². The summed E-state index contributed by atoms with van der Waals surface area (Å²) in [5.41, 5.74) is 0. The molecule has 1 saturated carbocycles. The zero-order valence-electron chi connectivity index (χ0n) is 12.6. The Morgan fingerprint density at radius 3 is 2.48 bits per heavy atom. The van der Waals surface area contributed by atoms with Crippen molar-refractivity contribution in [2.45, 2.75) is 57.5 Å². The Labute approximate surface area is 125 Å². The summed E-state index contributed by atoms with van der Waals surface area (Å²) in [4.78, 5) is 23.3. The van der Waals surface area contributed by atoms with Crippen molar-refractivity contribution in [3.63, 3.8) is 0 Å². The monoisotopic (exact) mass is 298 g/mol. The maximum absolute atomic E-state index is 12.1. The molecular weight excluding hydrogens is 272 g/mol. The Bertz CT molecular complexity index is 369. The molecule has 6 heteroatoms. The van der Waals surface area contributed by atoms with E-state index in [0.29, 0.717) is 12.3 Å². The van der Waals surface area contributed by atoms with Crippen LogP contribution in [0.15, 0.2) is 0 Å². The van der Waals surface area contributed by atoms with Gasteiger partial charge < -0.3 is 20.5 Å². The van der Waals surface area contributed by atoms with Gasteiger partial charge in [-0.3, -0.25) is 4.79 Å². The minimum Gasteiger partial charge on any atom is -0.481 e. The van der Waals surface area contributed by atoms with Crippen LogP contribution in [0.5, 0.6) is 0 Å². The number of urea groups is 1. The van der Waals surface area contributed by atoms with Gasteiger partial charge >= 0.3 is 12.0 Å². The number of carbonyl (C=O) groups is 2. The molecule has 2 fully saturated rings. The van der Waals surface area contributed by atoms with Crippen LogP contribution in [0, 0.1) is 11.8 Å². The van der Waals surface area contributed by atoms with E-state index in [1.165, 1.54) is 0 Å². The summed E-state index contributed by atoms with van der Waals surface area (Å²) in [6, 6.07) is -0.411. The van der Waals surface area contributed by atoms with Crippen LogP contribution in [-0.2, 0) is 9.53 Å². The molecule has 1 aliphatic carbocycles. The van der Waals surface area contributed by atoms with E-state index in [2.05, 4.69) is 10.6 Å². The second kappa shape index (κ2) is 7.64. The van der Waals surface area contributed by atoms with Gasteiger partial charge in [0, 0.05) is 25.3 Å². The Morgan fingerprint density at radius 1 is 1.14 bits per heavy atom. The van der Waals surface area contributed by atoms with E-state index in [9.17, 15) is 14.7 Å². The van der Waals surface area contributed by atoms with Crippen molar-refractivity contribution in [3.8, 4) is 0 Å². The SMILES string of the molecule is CC(NC(=O)NC1CCCCC1C(=O)O)C1CCOCC1. The first-order valence-corrected chi connectivity index (χ1v) is 7.95. The van der Waals surface area contributed by atoms with E-state index in [1.54, 1.807) is 0 Å². The fourth-order valence-electron chi connectivity index (χ4n) is 3.35. The largest absolute Gasteiger partial charge is 0.481 e. The number of carboxylic acid groups (broad SMARTS) is 1. The number of aliphatic carboxylic acids is 1. The van der Waals surface area contributed by atoms with Crippen LogP contribution in [0.25, 0.3) is 0 Å². The zero-order chi connectivity index (χ0) is 15.2. The third-order valence-corrected chi connectivity index (χ3v) is 4.73. The van der Waals surface area contributed by atoms with Gasteiger partial charge in [-0.05, 0) is 38.5 Å². The molecule has 3 N–H and O–H groups in total. The van der Waals surface area contributed by atoms with Gasteiger partial charge in [0.1, 0.15) is 0 Å². The van der Waals surface area contributed by atoms with Gasteiger partial charge in [0.05, 0.1) is 5.92 Å².